The highest BCUT2D eigenvalue weighted by Crippen LogP contribution is 2.41. The lowest BCUT2D eigenvalue weighted by atomic mass is 9.94. The van der Waals surface area contributed by atoms with Gasteiger partial charge in [-0.3, -0.25) is 14.3 Å². The van der Waals surface area contributed by atoms with Crippen LogP contribution >= 0.6 is 11.8 Å². The topological polar surface area (TPSA) is 37.7 Å². The fourth-order valence-corrected chi connectivity index (χ4v) is 7.42. The second-order valence-electron chi connectivity index (χ2n) is 10.6. The number of pyridine rings is 1. The third-order valence-corrected chi connectivity index (χ3v) is 9.52. The molecule has 5 nitrogen and oxygen atoms in total. The summed E-state index contributed by atoms with van der Waals surface area (Å²) in [5, 5.41) is 0.857. The maximum atomic E-state index is 15.6. The van der Waals surface area contributed by atoms with Crippen LogP contribution in [0.2, 0.25) is 0 Å². The average Bonchev–Trinajstić information content (AvgIpc) is 3.41. The van der Waals surface area contributed by atoms with Gasteiger partial charge in [-0.25, -0.2) is 8.78 Å². The Balaban J connectivity index is 1.37. The zero-order chi connectivity index (χ0) is 28.5. The van der Waals surface area contributed by atoms with Gasteiger partial charge < -0.3 is 9.64 Å². The highest BCUT2D eigenvalue weighted by atomic mass is 32.2. The van der Waals surface area contributed by atoms with Gasteiger partial charge in [0.1, 0.15) is 5.82 Å². The zero-order valence-corrected chi connectivity index (χ0v) is 24.1. The summed E-state index contributed by atoms with van der Waals surface area (Å²) in [4.78, 5) is 19.0. The monoisotopic (exact) mass is 573 g/mol. The molecule has 0 N–H and O–H groups in total. The van der Waals surface area contributed by atoms with E-state index in [9.17, 15) is 9.18 Å². The molecule has 1 unspecified atom stereocenters. The Labute approximate surface area is 243 Å². The van der Waals surface area contributed by atoms with Gasteiger partial charge in [0.25, 0.3) is 5.56 Å². The minimum Gasteiger partial charge on any atom is -0.494 e. The van der Waals surface area contributed by atoms with Gasteiger partial charge >= 0.3 is 0 Å². The van der Waals surface area contributed by atoms with E-state index in [4.69, 9.17) is 4.74 Å². The number of thioether (sulfide) groups is 1. The first-order valence-electron chi connectivity index (χ1n) is 14.0. The zero-order valence-electron chi connectivity index (χ0n) is 23.3. The van der Waals surface area contributed by atoms with Crippen LogP contribution in [0.1, 0.15) is 22.7 Å². The summed E-state index contributed by atoms with van der Waals surface area (Å²) in [6.07, 6.45) is 0.322. The van der Waals surface area contributed by atoms with Crippen LogP contribution in [-0.2, 0) is 6.42 Å². The minimum absolute atomic E-state index is 0.0711. The fourth-order valence-electron chi connectivity index (χ4n) is 6.05. The van der Waals surface area contributed by atoms with Crippen LogP contribution in [0.4, 0.5) is 14.5 Å². The normalized spacial score (nSPS) is 17.1. The summed E-state index contributed by atoms with van der Waals surface area (Å²) in [5.41, 5.74) is 3.65. The predicted molar refractivity (Wildman–Crippen MR) is 161 cm³/mol. The largest absolute Gasteiger partial charge is 0.494 e. The molecule has 1 fully saturated rings. The molecule has 6 rings (SSSR count). The van der Waals surface area contributed by atoms with Crippen molar-refractivity contribution in [2.45, 2.75) is 24.4 Å². The summed E-state index contributed by atoms with van der Waals surface area (Å²) >= 11 is 1.64. The number of benzene rings is 3. The molecule has 8 heteroatoms. The Bertz CT molecular complexity index is 1620. The predicted octanol–water partition coefficient (Wildman–Crippen LogP) is 6.17. The molecular weight excluding hydrogens is 540 g/mol. The van der Waals surface area contributed by atoms with Crippen molar-refractivity contribution in [1.82, 2.24) is 9.47 Å². The Morgan fingerprint density at radius 2 is 1.66 bits per heavy atom. The number of methoxy groups -OCH3 is 1. The Morgan fingerprint density at radius 3 is 2.39 bits per heavy atom. The molecule has 0 bridgehead atoms. The number of rotatable bonds is 7. The van der Waals surface area contributed by atoms with Crippen molar-refractivity contribution < 1.29 is 13.5 Å². The van der Waals surface area contributed by atoms with Gasteiger partial charge in [0.2, 0.25) is 0 Å². The highest BCUT2D eigenvalue weighted by molar-refractivity contribution is 7.99. The number of hydrogen-bond donors (Lipinski definition) is 0. The third-order valence-electron chi connectivity index (χ3n) is 8.26. The van der Waals surface area contributed by atoms with Crippen molar-refractivity contribution in [3.8, 4) is 16.9 Å². The van der Waals surface area contributed by atoms with E-state index in [0.717, 1.165) is 49.1 Å². The minimum atomic E-state index is -0.563. The summed E-state index contributed by atoms with van der Waals surface area (Å²) < 4.78 is 37.5. The van der Waals surface area contributed by atoms with Gasteiger partial charge in [-0.2, -0.15) is 0 Å². The number of nitrogens with zero attached hydrogens (tertiary/aromatic N) is 3. The van der Waals surface area contributed by atoms with Crippen molar-refractivity contribution in [2.75, 3.05) is 50.5 Å². The average molecular weight is 574 g/mol. The molecule has 0 radical (unpaired) electrons. The molecule has 41 heavy (non-hydrogen) atoms. The van der Waals surface area contributed by atoms with Crippen LogP contribution < -0.4 is 15.2 Å². The third kappa shape index (κ3) is 5.26. The van der Waals surface area contributed by atoms with E-state index in [2.05, 4.69) is 34.1 Å². The Kier molecular flexibility index (Phi) is 7.86. The fraction of sp³-hybridized carbons (Fsp3) is 0.303. The molecular formula is C33H33F2N3O2S. The molecule has 2 aliphatic heterocycles. The number of para-hydroxylation sites is 1. The second kappa shape index (κ2) is 11.7. The maximum absolute atomic E-state index is 15.6. The lowest BCUT2D eigenvalue weighted by molar-refractivity contribution is 0.224. The SMILES string of the molecule is COc1cccc(-c2c(C)c(Cc3ccccc3F)c3n(c2=O)C(CN2CCN(c4ccccc4)CC2)CS3)c1F. The summed E-state index contributed by atoms with van der Waals surface area (Å²) in [7, 11) is 1.42. The van der Waals surface area contributed by atoms with E-state index in [-0.39, 0.29) is 28.7 Å². The van der Waals surface area contributed by atoms with Crippen LogP contribution in [0.15, 0.2) is 82.6 Å². The molecule has 212 valence electrons. The molecule has 1 atom stereocenters. The van der Waals surface area contributed by atoms with Crippen LogP contribution in [0.5, 0.6) is 5.75 Å². The van der Waals surface area contributed by atoms with Crippen LogP contribution in [0.25, 0.3) is 11.1 Å². The standard InChI is InChI=1S/C33H33F2N3O2S/c1-22-27(19-23-9-6-7-13-28(23)34)33-38(32(39)30(22)26-12-8-14-29(40-2)31(26)35)25(21-41-33)20-36-15-17-37(18-16-36)24-10-4-3-5-11-24/h3-14,25H,15-21H2,1-2H3. The smallest absolute Gasteiger partial charge is 0.260 e. The van der Waals surface area contributed by atoms with Crippen LogP contribution in [0.3, 0.4) is 0 Å². The Hall–Kier alpha value is -3.62. The highest BCUT2D eigenvalue weighted by Gasteiger charge is 2.33. The van der Waals surface area contributed by atoms with Gasteiger partial charge in [-0.05, 0) is 47.9 Å². The number of aromatic nitrogens is 1. The van der Waals surface area contributed by atoms with Gasteiger partial charge in [0, 0.05) is 56.1 Å². The van der Waals surface area contributed by atoms with E-state index in [1.54, 1.807) is 42.1 Å². The van der Waals surface area contributed by atoms with Gasteiger partial charge in [0.05, 0.1) is 23.7 Å². The first-order valence-corrected chi connectivity index (χ1v) is 14.9. The number of anilines is 1. The van der Waals surface area contributed by atoms with E-state index in [1.165, 1.54) is 18.9 Å². The maximum Gasteiger partial charge on any atom is 0.260 e. The molecule has 2 aliphatic rings. The number of hydrogen-bond acceptors (Lipinski definition) is 5. The van der Waals surface area contributed by atoms with Gasteiger partial charge in [0.15, 0.2) is 11.6 Å². The number of halogens is 2. The van der Waals surface area contributed by atoms with Crippen LogP contribution in [0, 0.1) is 18.6 Å². The molecule has 0 spiro atoms. The molecule has 4 aromatic rings. The molecule has 0 saturated carbocycles. The Morgan fingerprint density at radius 1 is 0.927 bits per heavy atom. The van der Waals surface area contributed by atoms with E-state index in [1.807, 2.05) is 23.6 Å². The molecule has 0 amide bonds. The van der Waals surface area contributed by atoms with E-state index >= 15 is 4.39 Å². The molecule has 3 aromatic carbocycles. The summed E-state index contributed by atoms with van der Waals surface area (Å²) in [6, 6.07) is 21.9. The summed E-state index contributed by atoms with van der Waals surface area (Å²) in [5.74, 6) is -0.0275. The van der Waals surface area contributed by atoms with Crippen LogP contribution in [-0.4, -0.2) is 55.1 Å². The van der Waals surface area contributed by atoms with E-state index < -0.39 is 5.82 Å². The molecule has 3 heterocycles. The van der Waals surface area contributed by atoms with Crippen molar-refractivity contribution in [1.29, 1.82) is 0 Å². The quantitative estimate of drug-likeness (QED) is 0.264. The van der Waals surface area contributed by atoms with Crippen molar-refractivity contribution >= 4 is 17.4 Å². The number of ether oxygens (including phenoxy) is 1. The van der Waals surface area contributed by atoms with Gasteiger partial charge in [-0.1, -0.05) is 48.5 Å². The van der Waals surface area contributed by atoms with Crippen molar-refractivity contribution in [3.05, 3.63) is 111 Å². The number of fused-ring (bicyclic) bond motifs is 1. The van der Waals surface area contributed by atoms with E-state index in [0.29, 0.717) is 23.1 Å². The van der Waals surface area contributed by atoms with Crippen molar-refractivity contribution in [3.63, 3.8) is 0 Å². The molecule has 1 saturated heterocycles. The lowest BCUT2D eigenvalue weighted by Gasteiger charge is -2.37. The molecule has 1 aromatic heterocycles. The number of piperazine rings is 1. The van der Waals surface area contributed by atoms with Gasteiger partial charge in [-0.15, -0.1) is 11.8 Å². The first kappa shape index (κ1) is 27.5. The lowest BCUT2D eigenvalue weighted by Crippen LogP contribution is -2.48. The first-order chi connectivity index (χ1) is 20.0. The molecule has 0 aliphatic carbocycles. The second-order valence-corrected chi connectivity index (χ2v) is 11.6. The summed E-state index contributed by atoms with van der Waals surface area (Å²) in [6.45, 7) is 6.20. The van der Waals surface area contributed by atoms with Crippen molar-refractivity contribution in [2.24, 2.45) is 0 Å².